The SMILES string of the molecule is CCN1OCC(NC(=O)c2ccc(C3=NO[C@@](c4cc(Cl)cc(Cl)c4)(C(F)(F)F)C3)cc2C)C1=O.CO/C=C(/C(=O)OC)c1ccccc1Oc1cc(Oc2ccccc2C#N)ncn1. The van der Waals surface area contributed by atoms with Crippen LogP contribution in [0.4, 0.5) is 13.2 Å². The summed E-state index contributed by atoms with van der Waals surface area (Å²) in [7, 11) is 2.71. The lowest BCUT2D eigenvalue weighted by Crippen LogP contribution is -2.43. The molecular formula is C45H37Cl2F3N6O9. The van der Waals surface area contributed by atoms with Crippen molar-refractivity contribution in [2.24, 2.45) is 5.16 Å². The number of carbonyl (C=O) groups excluding carboxylic acids is 3. The van der Waals surface area contributed by atoms with E-state index in [1.54, 1.807) is 68.4 Å². The van der Waals surface area contributed by atoms with Gasteiger partial charge in [-0.25, -0.2) is 19.8 Å². The van der Waals surface area contributed by atoms with Gasteiger partial charge in [-0.05, 0) is 73.5 Å². The molecule has 2 amide bonds. The highest BCUT2D eigenvalue weighted by Crippen LogP contribution is 2.50. The molecule has 2 aliphatic rings. The molecule has 1 N–H and O–H groups in total. The van der Waals surface area contributed by atoms with Gasteiger partial charge in [0.2, 0.25) is 11.8 Å². The molecule has 336 valence electrons. The van der Waals surface area contributed by atoms with Gasteiger partial charge in [0.1, 0.15) is 42.1 Å². The van der Waals surface area contributed by atoms with Crippen molar-refractivity contribution in [1.29, 1.82) is 5.26 Å². The Morgan fingerprint density at radius 3 is 2.23 bits per heavy atom. The molecule has 7 rings (SSSR count). The van der Waals surface area contributed by atoms with Crippen LogP contribution in [0.15, 0.2) is 109 Å². The fourth-order valence-corrected chi connectivity index (χ4v) is 7.06. The molecule has 2 aliphatic heterocycles. The summed E-state index contributed by atoms with van der Waals surface area (Å²) in [5.74, 6) is -0.333. The maximum absolute atomic E-state index is 14.2. The molecule has 3 heterocycles. The first kappa shape index (κ1) is 47.3. The summed E-state index contributed by atoms with van der Waals surface area (Å²) in [6.07, 6.45) is -2.88. The standard InChI is InChI=1S/C23H20Cl2F3N3O4.C22H17N3O5/c1-3-31-21(33)19(11-34-31)29-20(32)17-5-4-13(6-12(17)2)18-10-22(35-30-18,23(26,27)28)14-7-15(24)9-16(25)8-14;1-27-13-17(22(26)28-2)16-8-4-6-10-19(16)30-21-11-20(24-14-25-21)29-18-9-5-3-7-15(18)12-23/h4-9,19H,3,10-11H2,1-2H3,(H,29,32);3-11,13-14H,1-2H3/b;17-13+/t19?,22-;/m0./s1. The van der Waals surface area contributed by atoms with Gasteiger partial charge in [0.25, 0.3) is 17.4 Å². The molecule has 4 aromatic carbocycles. The zero-order valence-corrected chi connectivity index (χ0v) is 36.3. The molecule has 65 heavy (non-hydrogen) atoms. The summed E-state index contributed by atoms with van der Waals surface area (Å²) < 4.78 is 64.0. The number of aromatic nitrogens is 2. The Hall–Kier alpha value is -7.20. The van der Waals surface area contributed by atoms with E-state index >= 15 is 0 Å². The number of rotatable bonds is 12. The Morgan fingerprint density at radius 1 is 0.954 bits per heavy atom. The van der Waals surface area contributed by atoms with Gasteiger partial charge in [-0.2, -0.15) is 18.4 Å². The highest BCUT2D eigenvalue weighted by Gasteiger charge is 2.62. The van der Waals surface area contributed by atoms with Crippen LogP contribution >= 0.6 is 23.2 Å². The largest absolute Gasteiger partial charge is 0.503 e. The molecule has 2 atom stereocenters. The highest BCUT2D eigenvalue weighted by molar-refractivity contribution is 6.34. The summed E-state index contributed by atoms with van der Waals surface area (Å²) in [6, 6.07) is 24.5. The first-order valence-corrected chi connectivity index (χ1v) is 20.1. The molecule has 0 radical (unpaired) electrons. The number of hydroxylamine groups is 2. The molecule has 1 unspecified atom stereocenters. The van der Waals surface area contributed by atoms with Crippen LogP contribution in [-0.4, -0.2) is 78.1 Å². The Morgan fingerprint density at radius 2 is 1.62 bits per heavy atom. The van der Waals surface area contributed by atoms with Crippen LogP contribution in [0.2, 0.25) is 10.0 Å². The number of oxime groups is 1. The van der Waals surface area contributed by atoms with Crippen LogP contribution in [0.3, 0.4) is 0 Å². The van der Waals surface area contributed by atoms with Crippen LogP contribution in [-0.2, 0) is 34.3 Å². The number of amides is 2. The van der Waals surface area contributed by atoms with Gasteiger partial charge in [0, 0.05) is 39.7 Å². The van der Waals surface area contributed by atoms with Crippen molar-refractivity contribution in [3.05, 3.63) is 147 Å². The minimum Gasteiger partial charge on any atom is -0.503 e. The molecule has 5 aromatic rings. The average Bonchev–Trinajstić information content (AvgIpc) is 3.90. The van der Waals surface area contributed by atoms with Crippen molar-refractivity contribution in [2.75, 3.05) is 27.4 Å². The van der Waals surface area contributed by atoms with Crippen LogP contribution in [0.25, 0.3) is 5.57 Å². The fraction of sp³-hybridized carbons (Fsp3) is 0.222. The van der Waals surface area contributed by atoms with E-state index in [0.29, 0.717) is 40.3 Å². The quantitative estimate of drug-likeness (QED) is 0.0713. The van der Waals surface area contributed by atoms with Gasteiger partial charge >= 0.3 is 12.1 Å². The molecule has 15 nitrogen and oxygen atoms in total. The van der Waals surface area contributed by atoms with Crippen molar-refractivity contribution in [1.82, 2.24) is 20.3 Å². The van der Waals surface area contributed by atoms with Crippen molar-refractivity contribution >= 4 is 52.3 Å². The van der Waals surface area contributed by atoms with E-state index in [1.165, 1.54) is 56.1 Å². The van der Waals surface area contributed by atoms with Crippen LogP contribution < -0.4 is 14.8 Å². The number of hydrogen-bond acceptors (Lipinski definition) is 13. The first-order chi connectivity index (χ1) is 31.1. The Balaban J connectivity index is 0.000000218. The van der Waals surface area contributed by atoms with Crippen LogP contribution in [0.1, 0.15) is 51.5 Å². The molecular weight excluding hydrogens is 896 g/mol. The van der Waals surface area contributed by atoms with Crippen molar-refractivity contribution in [3.8, 4) is 29.3 Å². The van der Waals surface area contributed by atoms with E-state index in [-0.39, 0.29) is 56.7 Å². The molecule has 0 bridgehead atoms. The number of halogens is 5. The number of nitrogens with one attached hydrogen (secondary N) is 1. The van der Waals surface area contributed by atoms with E-state index < -0.39 is 36.1 Å². The minimum atomic E-state index is -4.82. The topological polar surface area (TPSA) is 184 Å². The molecule has 1 fully saturated rings. The van der Waals surface area contributed by atoms with Gasteiger partial charge in [-0.1, -0.05) is 64.8 Å². The Labute approximate surface area is 379 Å². The summed E-state index contributed by atoms with van der Waals surface area (Å²) in [5.41, 5.74) is -0.853. The number of aryl methyl sites for hydroxylation is 1. The number of benzene rings is 4. The van der Waals surface area contributed by atoms with E-state index in [0.717, 1.165) is 12.1 Å². The van der Waals surface area contributed by atoms with Gasteiger partial charge in [0.05, 0.1) is 37.8 Å². The average molecular weight is 934 g/mol. The third kappa shape index (κ3) is 10.8. The number of esters is 1. The molecule has 0 spiro atoms. The van der Waals surface area contributed by atoms with Gasteiger partial charge in [-0.3, -0.25) is 14.4 Å². The normalized spacial score (nSPS) is 16.9. The number of alkyl halides is 3. The lowest BCUT2D eigenvalue weighted by atomic mass is 9.86. The highest BCUT2D eigenvalue weighted by atomic mass is 35.5. The molecule has 1 aromatic heterocycles. The van der Waals surface area contributed by atoms with E-state index in [1.807, 2.05) is 0 Å². The zero-order valence-electron chi connectivity index (χ0n) is 34.8. The predicted molar refractivity (Wildman–Crippen MR) is 229 cm³/mol. The Bertz CT molecular complexity index is 2690. The van der Waals surface area contributed by atoms with Crippen molar-refractivity contribution in [2.45, 2.75) is 38.1 Å². The minimum absolute atomic E-state index is 0.0245. The van der Waals surface area contributed by atoms with E-state index in [9.17, 15) is 32.8 Å². The second-order valence-electron chi connectivity index (χ2n) is 13.9. The number of ether oxygens (including phenoxy) is 4. The number of nitrogens with zero attached hydrogens (tertiary/aromatic N) is 5. The van der Waals surface area contributed by atoms with Gasteiger partial charge in [-0.15, -0.1) is 0 Å². The van der Waals surface area contributed by atoms with Crippen molar-refractivity contribution in [3.63, 3.8) is 0 Å². The van der Waals surface area contributed by atoms with Crippen LogP contribution in [0, 0.1) is 18.3 Å². The molecule has 0 aliphatic carbocycles. The molecule has 0 saturated carbocycles. The molecule has 1 saturated heterocycles. The number of nitriles is 1. The van der Waals surface area contributed by atoms with Crippen molar-refractivity contribution < 1.29 is 56.2 Å². The number of hydrogen-bond donors (Lipinski definition) is 1. The predicted octanol–water partition coefficient (Wildman–Crippen LogP) is 8.87. The summed E-state index contributed by atoms with van der Waals surface area (Å²) in [5, 5.41) is 16.8. The van der Waals surface area contributed by atoms with Crippen LogP contribution in [0.5, 0.6) is 23.3 Å². The summed E-state index contributed by atoms with van der Waals surface area (Å²) >= 11 is 11.9. The van der Waals surface area contributed by atoms with E-state index in [4.69, 9.17) is 51.8 Å². The van der Waals surface area contributed by atoms with E-state index in [2.05, 4.69) is 26.5 Å². The number of likely N-dealkylation sites (N-methyl/N-ethyl adjacent to an activating group) is 1. The number of para-hydroxylation sites is 2. The summed E-state index contributed by atoms with van der Waals surface area (Å²) in [4.78, 5) is 55.4. The van der Waals surface area contributed by atoms with Gasteiger partial charge in [0.15, 0.2) is 0 Å². The number of carbonyl (C=O) groups is 3. The van der Waals surface area contributed by atoms with Gasteiger partial charge < -0.3 is 29.1 Å². The maximum Gasteiger partial charge on any atom is 0.435 e. The lowest BCUT2D eigenvalue weighted by Gasteiger charge is -2.29. The number of methoxy groups -OCH3 is 2. The second-order valence-corrected chi connectivity index (χ2v) is 14.8. The third-order valence-corrected chi connectivity index (χ3v) is 10.2. The lowest BCUT2D eigenvalue weighted by molar-refractivity contribution is -0.275. The maximum atomic E-state index is 14.2. The zero-order chi connectivity index (χ0) is 46.9. The monoisotopic (exact) mass is 932 g/mol. The second kappa shape index (κ2) is 20.5. The third-order valence-electron chi connectivity index (χ3n) is 9.72. The first-order valence-electron chi connectivity index (χ1n) is 19.3. The fourth-order valence-electron chi connectivity index (χ4n) is 6.54. The summed E-state index contributed by atoms with van der Waals surface area (Å²) in [6.45, 7) is 3.75. The molecule has 20 heteroatoms. The Kier molecular flexibility index (Phi) is 14.9. The smallest absolute Gasteiger partial charge is 0.435 e.